The van der Waals surface area contributed by atoms with E-state index in [0.29, 0.717) is 5.96 Å². The Hall–Kier alpha value is -0.370. The molecule has 1 saturated carbocycles. The van der Waals surface area contributed by atoms with Crippen molar-refractivity contribution in [1.82, 2.24) is 10.3 Å². The van der Waals surface area contributed by atoms with Crippen LogP contribution in [0.25, 0.3) is 0 Å². The highest BCUT2D eigenvalue weighted by Gasteiger charge is 2.16. The molecule has 1 fully saturated rings. The first-order valence-electron chi connectivity index (χ1n) is 6.75. The molecule has 3 N–H and O–H groups in total. The minimum absolute atomic E-state index is 0. The molecule has 19 heavy (non-hydrogen) atoms. The van der Waals surface area contributed by atoms with Gasteiger partial charge in [0.2, 0.25) is 0 Å². The number of hydrogen-bond donors (Lipinski definition) is 2. The van der Waals surface area contributed by atoms with E-state index in [2.05, 4.69) is 22.2 Å². The van der Waals surface area contributed by atoms with Crippen LogP contribution in [-0.2, 0) is 12.8 Å². The maximum atomic E-state index is 5.82. The Bertz CT molecular complexity index is 401. The lowest BCUT2D eigenvalue weighted by Gasteiger charge is -2.23. The maximum absolute atomic E-state index is 5.82. The highest BCUT2D eigenvalue weighted by atomic mass is 127. The van der Waals surface area contributed by atoms with E-state index in [0.717, 1.165) is 31.8 Å². The summed E-state index contributed by atoms with van der Waals surface area (Å²) in [6.45, 7) is 3.85. The summed E-state index contributed by atoms with van der Waals surface area (Å²) in [6.07, 6.45) is 7.94. The molecule has 1 aliphatic carbocycles. The van der Waals surface area contributed by atoms with E-state index in [4.69, 9.17) is 5.73 Å². The minimum Gasteiger partial charge on any atom is -0.370 e. The monoisotopic (exact) mass is 394 g/mol. The zero-order valence-electron chi connectivity index (χ0n) is 11.4. The van der Waals surface area contributed by atoms with Crippen molar-refractivity contribution in [1.29, 1.82) is 0 Å². The average molecular weight is 394 g/mol. The van der Waals surface area contributed by atoms with Gasteiger partial charge in [0, 0.05) is 30.6 Å². The molecule has 0 aromatic carbocycles. The van der Waals surface area contributed by atoms with Crippen LogP contribution < -0.4 is 11.1 Å². The number of nitrogens with one attached hydrogen (secondary N) is 1. The molecule has 1 aliphatic rings. The highest BCUT2D eigenvalue weighted by molar-refractivity contribution is 14.0. The summed E-state index contributed by atoms with van der Waals surface area (Å²) in [5, 5.41) is 4.33. The molecule has 0 atom stereocenters. The van der Waals surface area contributed by atoms with Crippen LogP contribution >= 0.6 is 35.3 Å². The van der Waals surface area contributed by atoms with Gasteiger partial charge in [-0.25, -0.2) is 4.98 Å². The van der Waals surface area contributed by atoms with Gasteiger partial charge in [0.1, 0.15) is 0 Å². The molecular weight excluding hydrogens is 371 g/mol. The van der Waals surface area contributed by atoms with Gasteiger partial charge in [0.05, 0.1) is 5.01 Å². The summed E-state index contributed by atoms with van der Waals surface area (Å²) in [6, 6.07) is 0. The normalized spacial score (nSPS) is 15.7. The van der Waals surface area contributed by atoms with Crippen molar-refractivity contribution >= 4 is 41.3 Å². The predicted octanol–water partition coefficient (Wildman–Crippen LogP) is 2.57. The molecule has 0 spiro atoms. The van der Waals surface area contributed by atoms with Crippen LogP contribution in [0.1, 0.15) is 36.1 Å². The molecule has 4 nitrogen and oxygen atoms in total. The molecule has 1 aromatic rings. The average Bonchev–Trinajstić information content (AvgIpc) is 2.75. The molecule has 0 radical (unpaired) electrons. The smallest absolute Gasteiger partial charge is 0.188 e. The molecule has 0 saturated heterocycles. The largest absolute Gasteiger partial charge is 0.370 e. The van der Waals surface area contributed by atoms with Gasteiger partial charge < -0.3 is 11.1 Å². The van der Waals surface area contributed by atoms with Crippen LogP contribution in [0, 0.1) is 5.92 Å². The zero-order valence-corrected chi connectivity index (χ0v) is 14.5. The van der Waals surface area contributed by atoms with Gasteiger partial charge in [-0.1, -0.05) is 13.3 Å². The lowest BCUT2D eigenvalue weighted by atomic mass is 9.86. The van der Waals surface area contributed by atoms with Crippen LogP contribution in [0.15, 0.2) is 11.2 Å². The highest BCUT2D eigenvalue weighted by Crippen LogP contribution is 2.26. The van der Waals surface area contributed by atoms with E-state index in [1.165, 1.54) is 29.1 Å². The fourth-order valence-corrected chi connectivity index (χ4v) is 2.75. The summed E-state index contributed by atoms with van der Waals surface area (Å²) >= 11 is 1.78. The Balaban J connectivity index is 0.00000180. The van der Waals surface area contributed by atoms with Crippen molar-refractivity contribution in [2.45, 2.75) is 39.0 Å². The van der Waals surface area contributed by atoms with Crippen molar-refractivity contribution in [2.75, 3.05) is 13.1 Å². The molecular formula is C13H23IN4S. The quantitative estimate of drug-likeness (QED) is 0.443. The Morgan fingerprint density at radius 1 is 1.58 bits per heavy atom. The molecule has 2 rings (SSSR count). The molecule has 0 amide bonds. The number of aliphatic imine (C=N–C) groups is 1. The fraction of sp³-hybridized carbons (Fsp3) is 0.692. The summed E-state index contributed by atoms with van der Waals surface area (Å²) < 4.78 is 0. The van der Waals surface area contributed by atoms with Crippen LogP contribution in [0.4, 0.5) is 0 Å². The van der Waals surface area contributed by atoms with Crippen LogP contribution in [0.2, 0.25) is 0 Å². The van der Waals surface area contributed by atoms with Gasteiger partial charge in [-0.3, -0.25) is 4.99 Å². The second-order valence-electron chi connectivity index (χ2n) is 4.77. The zero-order chi connectivity index (χ0) is 12.8. The van der Waals surface area contributed by atoms with E-state index in [1.54, 1.807) is 11.3 Å². The number of hydrogen-bond acceptors (Lipinski definition) is 3. The third-order valence-electron chi connectivity index (χ3n) is 3.34. The van der Waals surface area contributed by atoms with E-state index in [-0.39, 0.29) is 24.0 Å². The Morgan fingerprint density at radius 2 is 2.37 bits per heavy atom. The number of nitrogens with two attached hydrogens (primary N) is 1. The van der Waals surface area contributed by atoms with Crippen molar-refractivity contribution in [3.05, 3.63) is 16.1 Å². The van der Waals surface area contributed by atoms with Gasteiger partial charge in [0.15, 0.2) is 5.96 Å². The summed E-state index contributed by atoms with van der Waals surface area (Å²) in [4.78, 5) is 10.1. The van der Waals surface area contributed by atoms with Crippen molar-refractivity contribution in [3.63, 3.8) is 0 Å². The van der Waals surface area contributed by atoms with Gasteiger partial charge in [0.25, 0.3) is 0 Å². The third-order valence-corrected chi connectivity index (χ3v) is 4.54. The predicted molar refractivity (Wildman–Crippen MR) is 92.4 cm³/mol. The van der Waals surface area contributed by atoms with E-state index >= 15 is 0 Å². The molecule has 0 bridgehead atoms. The van der Waals surface area contributed by atoms with E-state index in [1.807, 2.05) is 6.20 Å². The number of aryl methyl sites for hydroxylation is 1. The Morgan fingerprint density at radius 3 is 2.95 bits per heavy atom. The van der Waals surface area contributed by atoms with Gasteiger partial charge in [-0.2, -0.15) is 0 Å². The van der Waals surface area contributed by atoms with Crippen LogP contribution in [-0.4, -0.2) is 24.0 Å². The number of rotatable bonds is 6. The van der Waals surface area contributed by atoms with Gasteiger partial charge in [-0.05, 0) is 25.2 Å². The lowest BCUT2D eigenvalue weighted by Crippen LogP contribution is -2.34. The SMILES string of the molecule is CCc1cnc(CCNC(N)=NCC2CCC2)s1.I. The molecule has 0 aliphatic heterocycles. The van der Waals surface area contributed by atoms with E-state index in [9.17, 15) is 0 Å². The Labute approximate surface area is 136 Å². The summed E-state index contributed by atoms with van der Waals surface area (Å²) in [5.41, 5.74) is 5.82. The third kappa shape index (κ3) is 5.64. The topological polar surface area (TPSA) is 63.3 Å². The molecule has 0 unspecified atom stereocenters. The standard InChI is InChI=1S/C13H22N4S.HI/c1-2-11-9-16-12(18-11)6-7-15-13(14)17-8-10-4-3-5-10;/h9-10H,2-8H2,1H3,(H3,14,15,17);1H. The van der Waals surface area contributed by atoms with Gasteiger partial charge >= 0.3 is 0 Å². The second-order valence-corrected chi connectivity index (χ2v) is 5.97. The molecule has 108 valence electrons. The minimum atomic E-state index is 0. The lowest BCUT2D eigenvalue weighted by molar-refractivity contribution is 0.326. The van der Waals surface area contributed by atoms with E-state index < -0.39 is 0 Å². The fourth-order valence-electron chi connectivity index (χ4n) is 1.88. The first-order chi connectivity index (χ1) is 8.78. The molecule has 1 heterocycles. The first kappa shape index (κ1) is 16.7. The number of guanidine groups is 1. The Kier molecular flexibility index (Phi) is 7.67. The summed E-state index contributed by atoms with van der Waals surface area (Å²) in [5.74, 6) is 1.35. The van der Waals surface area contributed by atoms with Crippen molar-refractivity contribution in [2.24, 2.45) is 16.6 Å². The molecule has 1 aromatic heterocycles. The van der Waals surface area contributed by atoms with Crippen LogP contribution in [0.5, 0.6) is 0 Å². The van der Waals surface area contributed by atoms with Gasteiger partial charge in [-0.15, -0.1) is 35.3 Å². The van der Waals surface area contributed by atoms with Crippen molar-refractivity contribution < 1.29 is 0 Å². The maximum Gasteiger partial charge on any atom is 0.188 e. The second kappa shape index (κ2) is 8.73. The summed E-state index contributed by atoms with van der Waals surface area (Å²) in [7, 11) is 0. The number of nitrogens with zero attached hydrogens (tertiary/aromatic N) is 2. The van der Waals surface area contributed by atoms with Crippen LogP contribution in [0.3, 0.4) is 0 Å². The number of halogens is 1. The number of aromatic nitrogens is 1. The number of thiazole rings is 1. The first-order valence-corrected chi connectivity index (χ1v) is 7.57. The van der Waals surface area contributed by atoms with Crippen molar-refractivity contribution in [3.8, 4) is 0 Å². The molecule has 6 heteroatoms.